The summed E-state index contributed by atoms with van der Waals surface area (Å²) in [5.41, 5.74) is 0. The lowest BCUT2D eigenvalue weighted by Crippen LogP contribution is -2.16. The highest BCUT2D eigenvalue weighted by atomic mass is 16.7. The fourth-order valence-electron chi connectivity index (χ4n) is 2.13. The Bertz CT molecular complexity index is 211. The lowest BCUT2D eigenvalue weighted by Gasteiger charge is -2.11. The first kappa shape index (κ1) is 14.5. The maximum absolute atomic E-state index is 11.4. The Morgan fingerprint density at radius 3 is 2.65 bits per heavy atom. The number of carbonyl (C=O) groups is 1. The third kappa shape index (κ3) is 6.64. The van der Waals surface area contributed by atoms with Crippen LogP contribution in [-0.4, -0.2) is 32.6 Å². The molecule has 0 aromatic rings. The van der Waals surface area contributed by atoms with Crippen molar-refractivity contribution in [2.45, 2.75) is 51.7 Å². The molecule has 1 aliphatic carbocycles. The van der Waals surface area contributed by atoms with Crippen molar-refractivity contribution >= 4 is 5.97 Å². The molecule has 1 rings (SSSR count). The molecule has 0 saturated heterocycles. The summed E-state index contributed by atoms with van der Waals surface area (Å²) >= 11 is 0. The summed E-state index contributed by atoms with van der Waals surface area (Å²) in [6.45, 7) is 2.52. The molecule has 1 saturated carbocycles. The number of hydrogen-bond acceptors (Lipinski definition) is 4. The van der Waals surface area contributed by atoms with Crippen LogP contribution in [0.1, 0.15) is 45.4 Å². The lowest BCUT2D eigenvalue weighted by molar-refractivity contribution is -0.152. The van der Waals surface area contributed by atoms with Crippen LogP contribution in [0.25, 0.3) is 0 Å². The predicted molar refractivity (Wildman–Crippen MR) is 64.6 cm³/mol. The molecule has 0 N–H and O–H groups in total. The lowest BCUT2D eigenvalue weighted by atomic mass is 10.0. The van der Waals surface area contributed by atoms with E-state index >= 15 is 0 Å². The van der Waals surface area contributed by atoms with Crippen LogP contribution in [0.4, 0.5) is 0 Å². The summed E-state index contributed by atoms with van der Waals surface area (Å²) < 4.78 is 15.2. The highest BCUT2D eigenvalue weighted by molar-refractivity contribution is 5.69. The van der Waals surface area contributed by atoms with Crippen LogP contribution in [0.5, 0.6) is 0 Å². The first-order valence-electron chi connectivity index (χ1n) is 6.52. The van der Waals surface area contributed by atoms with Gasteiger partial charge in [0.05, 0.1) is 6.61 Å². The van der Waals surface area contributed by atoms with E-state index < -0.39 is 0 Å². The fraction of sp³-hybridized carbons (Fsp3) is 0.923. The molecule has 0 heterocycles. The molecule has 4 heteroatoms. The zero-order valence-electron chi connectivity index (χ0n) is 10.9. The van der Waals surface area contributed by atoms with Crippen molar-refractivity contribution in [1.82, 2.24) is 0 Å². The Labute approximate surface area is 104 Å². The highest BCUT2D eigenvalue weighted by Crippen LogP contribution is 2.28. The molecular formula is C13H24O4. The number of methoxy groups -OCH3 is 1. The number of esters is 1. The van der Waals surface area contributed by atoms with Gasteiger partial charge in [-0.25, -0.2) is 0 Å². The maximum Gasteiger partial charge on any atom is 0.305 e. The Hall–Kier alpha value is -0.610. The van der Waals surface area contributed by atoms with Gasteiger partial charge < -0.3 is 14.2 Å². The fourth-order valence-corrected chi connectivity index (χ4v) is 2.13. The van der Waals surface area contributed by atoms with Crippen LogP contribution in [0.3, 0.4) is 0 Å². The molecule has 0 aromatic heterocycles. The molecule has 1 atom stereocenters. The number of carbonyl (C=O) groups excluding carboxylic acids is 1. The van der Waals surface area contributed by atoms with Crippen molar-refractivity contribution in [3.8, 4) is 0 Å². The minimum absolute atomic E-state index is 0.106. The van der Waals surface area contributed by atoms with E-state index in [9.17, 15) is 4.79 Å². The summed E-state index contributed by atoms with van der Waals surface area (Å²) in [6, 6.07) is 0. The van der Waals surface area contributed by atoms with E-state index in [4.69, 9.17) is 14.2 Å². The van der Waals surface area contributed by atoms with Crippen molar-refractivity contribution in [3.05, 3.63) is 0 Å². The molecule has 17 heavy (non-hydrogen) atoms. The van der Waals surface area contributed by atoms with Gasteiger partial charge in [0, 0.05) is 13.5 Å². The SMILES string of the molecule is COC(C)OCCOC(=O)CCC1CCCC1. The molecule has 0 aromatic carbocycles. The van der Waals surface area contributed by atoms with Gasteiger partial charge >= 0.3 is 5.97 Å². The van der Waals surface area contributed by atoms with Gasteiger partial charge in [-0.1, -0.05) is 25.7 Å². The monoisotopic (exact) mass is 244 g/mol. The van der Waals surface area contributed by atoms with Gasteiger partial charge in [0.25, 0.3) is 0 Å². The van der Waals surface area contributed by atoms with Crippen molar-refractivity contribution in [2.24, 2.45) is 5.92 Å². The van der Waals surface area contributed by atoms with Gasteiger partial charge in [-0.2, -0.15) is 0 Å². The number of ether oxygens (including phenoxy) is 3. The molecule has 0 aliphatic heterocycles. The van der Waals surface area contributed by atoms with Crippen molar-refractivity contribution < 1.29 is 19.0 Å². The van der Waals surface area contributed by atoms with Crippen molar-refractivity contribution in [2.75, 3.05) is 20.3 Å². The number of rotatable bonds is 8. The van der Waals surface area contributed by atoms with Crippen LogP contribution in [-0.2, 0) is 19.0 Å². The summed E-state index contributed by atoms with van der Waals surface area (Å²) in [5.74, 6) is 0.637. The molecule has 1 unspecified atom stereocenters. The van der Waals surface area contributed by atoms with Gasteiger partial charge in [0.2, 0.25) is 0 Å². The van der Waals surface area contributed by atoms with E-state index in [1.54, 1.807) is 7.11 Å². The average Bonchev–Trinajstić information content (AvgIpc) is 2.84. The minimum Gasteiger partial charge on any atom is -0.463 e. The first-order chi connectivity index (χ1) is 8.22. The number of hydrogen-bond donors (Lipinski definition) is 0. The van der Waals surface area contributed by atoms with Crippen LogP contribution < -0.4 is 0 Å². The van der Waals surface area contributed by atoms with Crippen LogP contribution in [0.15, 0.2) is 0 Å². The Morgan fingerprint density at radius 2 is 2.00 bits per heavy atom. The Kier molecular flexibility index (Phi) is 7.21. The summed E-state index contributed by atoms with van der Waals surface area (Å²) in [7, 11) is 1.58. The Balaban J connectivity index is 1.93. The van der Waals surface area contributed by atoms with E-state index in [-0.39, 0.29) is 12.3 Å². The third-order valence-electron chi connectivity index (χ3n) is 3.26. The first-order valence-corrected chi connectivity index (χ1v) is 6.52. The quantitative estimate of drug-likeness (QED) is 0.374. The molecule has 0 spiro atoms. The zero-order chi connectivity index (χ0) is 12.5. The molecule has 0 bridgehead atoms. The van der Waals surface area contributed by atoms with E-state index in [1.807, 2.05) is 6.92 Å². The molecule has 0 radical (unpaired) electrons. The molecule has 1 fully saturated rings. The van der Waals surface area contributed by atoms with E-state index in [2.05, 4.69) is 0 Å². The average molecular weight is 244 g/mol. The van der Waals surface area contributed by atoms with Gasteiger partial charge in [0.1, 0.15) is 6.61 Å². The highest BCUT2D eigenvalue weighted by Gasteiger charge is 2.16. The largest absolute Gasteiger partial charge is 0.463 e. The van der Waals surface area contributed by atoms with Crippen molar-refractivity contribution in [3.63, 3.8) is 0 Å². The molecule has 0 amide bonds. The molecular weight excluding hydrogens is 220 g/mol. The molecule has 1 aliphatic rings. The summed E-state index contributed by atoms with van der Waals surface area (Å²) in [5, 5.41) is 0. The predicted octanol–water partition coefficient (Wildman–Crippen LogP) is 2.51. The minimum atomic E-state index is -0.243. The zero-order valence-corrected chi connectivity index (χ0v) is 10.9. The van der Waals surface area contributed by atoms with Crippen LogP contribution >= 0.6 is 0 Å². The van der Waals surface area contributed by atoms with Gasteiger partial charge in [-0.15, -0.1) is 0 Å². The normalized spacial score (nSPS) is 18.2. The second kappa shape index (κ2) is 8.48. The van der Waals surface area contributed by atoms with Gasteiger partial charge in [-0.05, 0) is 19.3 Å². The summed E-state index contributed by atoms with van der Waals surface area (Å²) in [6.07, 6.45) is 6.49. The van der Waals surface area contributed by atoms with Crippen molar-refractivity contribution in [1.29, 1.82) is 0 Å². The van der Waals surface area contributed by atoms with Crippen LogP contribution in [0, 0.1) is 5.92 Å². The van der Waals surface area contributed by atoms with E-state index in [1.165, 1.54) is 25.7 Å². The van der Waals surface area contributed by atoms with E-state index in [0.717, 1.165) is 12.3 Å². The second-order valence-corrected chi connectivity index (χ2v) is 4.58. The van der Waals surface area contributed by atoms with Gasteiger partial charge in [0.15, 0.2) is 6.29 Å². The Morgan fingerprint density at radius 1 is 1.29 bits per heavy atom. The van der Waals surface area contributed by atoms with Crippen LogP contribution in [0.2, 0.25) is 0 Å². The molecule has 4 nitrogen and oxygen atoms in total. The molecule has 100 valence electrons. The standard InChI is InChI=1S/C13H24O4/c1-11(15-2)16-9-10-17-13(14)8-7-12-5-3-4-6-12/h11-12H,3-10H2,1-2H3. The smallest absolute Gasteiger partial charge is 0.305 e. The van der Waals surface area contributed by atoms with Gasteiger partial charge in [-0.3, -0.25) is 4.79 Å². The van der Waals surface area contributed by atoms with E-state index in [0.29, 0.717) is 19.6 Å². The topological polar surface area (TPSA) is 44.8 Å². The maximum atomic E-state index is 11.4. The second-order valence-electron chi connectivity index (χ2n) is 4.58. The summed E-state index contributed by atoms with van der Waals surface area (Å²) in [4.78, 5) is 11.4. The third-order valence-corrected chi connectivity index (χ3v) is 3.26.